The van der Waals surface area contributed by atoms with Gasteiger partial charge in [0.05, 0.1) is 22.9 Å². The molecule has 0 aliphatic carbocycles. The maximum absolute atomic E-state index is 12.5. The fourth-order valence-electron chi connectivity index (χ4n) is 2.69. The smallest absolute Gasteiger partial charge is 0.308 e. The van der Waals surface area contributed by atoms with E-state index in [0.29, 0.717) is 24.2 Å². The van der Waals surface area contributed by atoms with E-state index in [1.807, 2.05) is 19.9 Å². The number of hydrogen-bond donors (Lipinski definition) is 1. The summed E-state index contributed by atoms with van der Waals surface area (Å²) in [5.74, 6) is -1.50. The van der Waals surface area contributed by atoms with Gasteiger partial charge in [0.2, 0.25) is 0 Å². The second kappa shape index (κ2) is 4.83. The molecular weight excluding hydrogens is 272 g/mol. The van der Waals surface area contributed by atoms with Gasteiger partial charge in [0.15, 0.2) is 5.65 Å². The molecule has 0 saturated carbocycles. The van der Waals surface area contributed by atoms with Crippen molar-refractivity contribution in [2.75, 3.05) is 13.1 Å². The zero-order chi connectivity index (χ0) is 15.1. The molecule has 1 N–H and O–H groups in total. The molecule has 2 aromatic heterocycles. The number of carbonyl (C=O) groups is 2. The van der Waals surface area contributed by atoms with Gasteiger partial charge in [0.25, 0.3) is 5.91 Å². The minimum Gasteiger partial charge on any atom is -0.481 e. The van der Waals surface area contributed by atoms with Crippen LogP contribution in [0.4, 0.5) is 0 Å². The molecule has 0 radical (unpaired) electrons. The molecular formula is C14H16N4O3. The van der Waals surface area contributed by atoms with E-state index in [4.69, 9.17) is 5.11 Å². The summed E-state index contributed by atoms with van der Waals surface area (Å²) in [5.41, 5.74) is 2.72. The molecule has 1 unspecified atom stereocenters. The van der Waals surface area contributed by atoms with Crippen molar-refractivity contribution in [3.05, 3.63) is 29.2 Å². The van der Waals surface area contributed by atoms with Crippen LogP contribution in [0.3, 0.4) is 0 Å². The van der Waals surface area contributed by atoms with Gasteiger partial charge in [0, 0.05) is 25.4 Å². The predicted molar refractivity (Wildman–Crippen MR) is 74.1 cm³/mol. The maximum Gasteiger partial charge on any atom is 0.308 e. The summed E-state index contributed by atoms with van der Waals surface area (Å²) in [5, 5.41) is 13.3. The predicted octanol–water partition coefficient (Wildman–Crippen LogP) is 0.893. The molecule has 1 amide bonds. The van der Waals surface area contributed by atoms with E-state index in [9.17, 15) is 9.59 Å². The number of carbonyl (C=O) groups excluding carboxylic acids is 1. The molecule has 2 aromatic rings. The van der Waals surface area contributed by atoms with Gasteiger partial charge >= 0.3 is 5.97 Å². The van der Waals surface area contributed by atoms with Crippen LogP contribution in [0.5, 0.6) is 0 Å². The first-order valence-corrected chi connectivity index (χ1v) is 6.81. The number of aryl methyl sites for hydroxylation is 2. The molecule has 1 saturated heterocycles. The van der Waals surface area contributed by atoms with Crippen molar-refractivity contribution in [1.29, 1.82) is 0 Å². The van der Waals surface area contributed by atoms with E-state index in [0.717, 1.165) is 11.4 Å². The number of carboxylic acids is 1. The normalized spacial score (nSPS) is 18.4. The van der Waals surface area contributed by atoms with Crippen molar-refractivity contribution >= 4 is 17.5 Å². The SMILES string of the molecule is Cc1cc2ncc(C(=O)N3CCC(C(=O)O)C3)c(C)n2n1. The van der Waals surface area contributed by atoms with Gasteiger partial charge in [0.1, 0.15) is 0 Å². The van der Waals surface area contributed by atoms with Crippen LogP contribution in [0.25, 0.3) is 5.65 Å². The zero-order valence-corrected chi connectivity index (χ0v) is 11.9. The van der Waals surface area contributed by atoms with E-state index in [1.54, 1.807) is 15.6 Å². The average Bonchev–Trinajstić information content (AvgIpc) is 3.04. The highest BCUT2D eigenvalue weighted by molar-refractivity contribution is 5.95. The molecule has 7 heteroatoms. The molecule has 1 fully saturated rings. The number of fused-ring (bicyclic) bond motifs is 1. The van der Waals surface area contributed by atoms with Gasteiger partial charge in [-0.05, 0) is 20.3 Å². The lowest BCUT2D eigenvalue weighted by atomic mass is 10.1. The van der Waals surface area contributed by atoms with E-state index < -0.39 is 11.9 Å². The van der Waals surface area contributed by atoms with Gasteiger partial charge in [-0.2, -0.15) is 5.10 Å². The van der Waals surface area contributed by atoms with Crippen molar-refractivity contribution in [3.8, 4) is 0 Å². The zero-order valence-electron chi connectivity index (χ0n) is 11.9. The number of likely N-dealkylation sites (tertiary alicyclic amines) is 1. The molecule has 1 aliphatic rings. The first-order valence-electron chi connectivity index (χ1n) is 6.81. The van der Waals surface area contributed by atoms with Gasteiger partial charge in [-0.3, -0.25) is 9.59 Å². The second-order valence-electron chi connectivity index (χ2n) is 5.39. The van der Waals surface area contributed by atoms with E-state index in [2.05, 4.69) is 10.1 Å². The van der Waals surface area contributed by atoms with E-state index in [-0.39, 0.29) is 12.5 Å². The molecule has 0 bridgehead atoms. The van der Waals surface area contributed by atoms with Crippen LogP contribution in [0.15, 0.2) is 12.3 Å². The Kier molecular flexibility index (Phi) is 3.12. The van der Waals surface area contributed by atoms with Crippen LogP contribution in [0.1, 0.15) is 28.2 Å². The van der Waals surface area contributed by atoms with Gasteiger partial charge in [-0.1, -0.05) is 0 Å². The minimum atomic E-state index is -0.849. The Morgan fingerprint density at radius 2 is 2.14 bits per heavy atom. The van der Waals surface area contributed by atoms with Crippen LogP contribution in [-0.4, -0.2) is 49.6 Å². The minimum absolute atomic E-state index is 0.182. The van der Waals surface area contributed by atoms with Gasteiger partial charge < -0.3 is 10.0 Å². The fourth-order valence-corrected chi connectivity index (χ4v) is 2.69. The molecule has 21 heavy (non-hydrogen) atoms. The third kappa shape index (κ3) is 2.24. The van der Waals surface area contributed by atoms with Crippen molar-refractivity contribution in [1.82, 2.24) is 19.5 Å². The molecule has 1 aliphatic heterocycles. The fraction of sp³-hybridized carbons (Fsp3) is 0.429. The van der Waals surface area contributed by atoms with Gasteiger partial charge in [-0.25, -0.2) is 9.50 Å². The molecule has 7 nitrogen and oxygen atoms in total. The Morgan fingerprint density at radius 3 is 2.81 bits per heavy atom. The van der Waals surface area contributed by atoms with Crippen LogP contribution < -0.4 is 0 Å². The van der Waals surface area contributed by atoms with Crippen LogP contribution in [0.2, 0.25) is 0 Å². The largest absolute Gasteiger partial charge is 0.481 e. The first kappa shape index (κ1) is 13.5. The number of amides is 1. The van der Waals surface area contributed by atoms with Crippen LogP contribution >= 0.6 is 0 Å². The lowest BCUT2D eigenvalue weighted by Gasteiger charge is -2.17. The Hall–Kier alpha value is -2.44. The average molecular weight is 288 g/mol. The summed E-state index contributed by atoms with van der Waals surface area (Å²) in [6.07, 6.45) is 2.04. The third-order valence-corrected chi connectivity index (χ3v) is 3.90. The highest BCUT2D eigenvalue weighted by Crippen LogP contribution is 2.20. The number of aliphatic carboxylic acids is 1. The molecule has 3 rings (SSSR count). The van der Waals surface area contributed by atoms with Crippen molar-refractivity contribution in [2.45, 2.75) is 20.3 Å². The lowest BCUT2D eigenvalue weighted by Crippen LogP contribution is -2.31. The lowest BCUT2D eigenvalue weighted by molar-refractivity contribution is -0.141. The molecule has 0 spiro atoms. The Bertz CT molecular complexity index is 737. The number of rotatable bonds is 2. The summed E-state index contributed by atoms with van der Waals surface area (Å²) in [6, 6.07) is 1.84. The quantitative estimate of drug-likeness (QED) is 0.886. The van der Waals surface area contributed by atoms with Crippen molar-refractivity contribution in [2.24, 2.45) is 5.92 Å². The number of aromatic nitrogens is 3. The summed E-state index contributed by atoms with van der Waals surface area (Å²) in [6.45, 7) is 4.40. The van der Waals surface area contributed by atoms with Gasteiger partial charge in [-0.15, -0.1) is 0 Å². The van der Waals surface area contributed by atoms with Crippen LogP contribution in [-0.2, 0) is 4.79 Å². The van der Waals surface area contributed by atoms with E-state index >= 15 is 0 Å². The first-order chi connectivity index (χ1) is 9.97. The highest BCUT2D eigenvalue weighted by Gasteiger charge is 2.32. The second-order valence-corrected chi connectivity index (χ2v) is 5.39. The molecule has 110 valence electrons. The van der Waals surface area contributed by atoms with Crippen LogP contribution in [0, 0.1) is 19.8 Å². The summed E-state index contributed by atoms with van der Waals surface area (Å²) < 4.78 is 1.65. The number of nitrogens with zero attached hydrogens (tertiary/aromatic N) is 4. The molecule has 3 heterocycles. The Morgan fingerprint density at radius 1 is 1.38 bits per heavy atom. The Balaban J connectivity index is 1.92. The number of hydrogen-bond acceptors (Lipinski definition) is 4. The standard InChI is InChI=1S/C14H16N4O3/c1-8-5-12-15-6-11(9(2)18(12)16-8)13(19)17-4-3-10(7-17)14(20)21/h5-6,10H,3-4,7H2,1-2H3,(H,20,21). The number of carboxylic acid groups (broad SMARTS) is 1. The molecule has 0 aromatic carbocycles. The Labute approximate surface area is 121 Å². The topological polar surface area (TPSA) is 87.8 Å². The monoisotopic (exact) mass is 288 g/mol. The summed E-state index contributed by atoms with van der Waals surface area (Å²) in [7, 11) is 0. The third-order valence-electron chi connectivity index (χ3n) is 3.90. The maximum atomic E-state index is 12.5. The van der Waals surface area contributed by atoms with Crippen molar-refractivity contribution in [3.63, 3.8) is 0 Å². The van der Waals surface area contributed by atoms with Crippen molar-refractivity contribution < 1.29 is 14.7 Å². The molecule has 1 atom stereocenters. The summed E-state index contributed by atoms with van der Waals surface area (Å²) in [4.78, 5) is 29.3. The van der Waals surface area contributed by atoms with E-state index in [1.165, 1.54) is 0 Å². The highest BCUT2D eigenvalue weighted by atomic mass is 16.4. The summed E-state index contributed by atoms with van der Waals surface area (Å²) >= 11 is 0.